The van der Waals surface area contributed by atoms with Crippen molar-refractivity contribution in [3.05, 3.63) is 11.9 Å². The second kappa shape index (κ2) is 6.34. The van der Waals surface area contributed by atoms with Gasteiger partial charge in [0, 0.05) is 12.6 Å². The summed E-state index contributed by atoms with van der Waals surface area (Å²) in [7, 11) is 1.84. The maximum atomic E-state index is 11.7. The van der Waals surface area contributed by atoms with Crippen LogP contribution in [-0.2, 0) is 17.9 Å². The fraction of sp³-hybridized carbons (Fsp3) is 0.727. The summed E-state index contributed by atoms with van der Waals surface area (Å²) in [5.41, 5.74) is 0.831. The minimum atomic E-state index is -0.0351. The lowest BCUT2D eigenvalue weighted by atomic mass is 10.1. The molecule has 0 bridgehead atoms. The smallest absolute Gasteiger partial charge is 0.242 e. The van der Waals surface area contributed by atoms with Crippen molar-refractivity contribution in [3.63, 3.8) is 0 Å². The van der Waals surface area contributed by atoms with Crippen LogP contribution in [0.3, 0.4) is 0 Å². The predicted octanol–water partition coefficient (Wildman–Crippen LogP) is 0.158. The van der Waals surface area contributed by atoms with E-state index in [1.165, 1.54) is 0 Å². The van der Waals surface area contributed by atoms with Crippen molar-refractivity contribution in [1.29, 1.82) is 0 Å². The average Bonchev–Trinajstić information content (AvgIpc) is 2.65. The van der Waals surface area contributed by atoms with Gasteiger partial charge in [-0.1, -0.05) is 19.1 Å². The number of carbonyl (C=O) groups excluding carboxylic acids is 1. The van der Waals surface area contributed by atoms with E-state index in [2.05, 4.69) is 34.8 Å². The Hall–Kier alpha value is -1.43. The van der Waals surface area contributed by atoms with Crippen LogP contribution in [0.1, 0.15) is 26.5 Å². The molecule has 17 heavy (non-hydrogen) atoms. The molecule has 0 saturated carbocycles. The first-order valence-corrected chi connectivity index (χ1v) is 5.86. The third kappa shape index (κ3) is 4.52. The number of carbonyl (C=O) groups is 1. The van der Waals surface area contributed by atoms with Crippen LogP contribution in [0.15, 0.2) is 6.20 Å². The number of rotatable bonds is 6. The Labute approximate surface area is 102 Å². The summed E-state index contributed by atoms with van der Waals surface area (Å²) in [6, 6.07) is 0.169. The van der Waals surface area contributed by atoms with Gasteiger partial charge in [0.1, 0.15) is 6.54 Å². The normalized spacial score (nSPS) is 12.8. The molecule has 2 N–H and O–H groups in total. The van der Waals surface area contributed by atoms with Crippen LogP contribution in [0.2, 0.25) is 0 Å². The Balaban J connectivity index is 2.44. The van der Waals surface area contributed by atoms with E-state index >= 15 is 0 Å². The van der Waals surface area contributed by atoms with E-state index in [1.807, 2.05) is 14.0 Å². The molecule has 0 aliphatic rings. The summed E-state index contributed by atoms with van der Waals surface area (Å²) in [5.74, 6) is 0.390. The largest absolute Gasteiger partial charge is 0.352 e. The maximum absolute atomic E-state index is 11.7. The fourth-order valence-electron chi connectivity index (χ4n) is 1.29. The molecular weight excluding hydrogens is 218 g/mol. The number of hydrogen-bond donors (Lipinski definition) is 2. The van der Waals surface area contributed by atoms with Crippen LogP contribution in [0.5, 0.6) is 0 Å². The lowest BCUT2D eigenvalue weighted by molar-refractivity contribution is -0.122. The topological polar surface area (TPSA) is 71.8 Å². The van der Waals surface area contributed by atoms with E-state index in [-0.39, 0.29) is 18.5 Å². The highest BCUT2D eigenvalue weighted by Gasteiger charge is 2.11. The molecule has 6 heteroatoms. The third-order valence-electron chi connectivity index (χ3n) is 2.64. The van der Waals surface area contributed by atoms with Crippen molar-refractivity contribution in [1.82, 2.24) is 25.6 Å². The highest BCUT2D eigenvalue weighted by molar-refractivity contribution is 5.75. The second-order valence-electron chi connectivity index (χ2n) is 4.54. The summed E-state index contributed by atoms with van der Waals surface area (Å²) in [4.78, 5) is 11.7. The van der Waals surface area contributed by atoms with Crippen LogP contribution >= 0.6 is 0 Å². The number of aromatic nitrogens is 3. The molecule has 1 atom stereocenters. The van der Waals surface area contributed by atoms with Crippen molar-refractivity contribution in [2.24, 2.45) is 5.92 Å². The number of nitrogens with zero attached hydrogens (tertiary/aromatic N) is 3. The highest BCUT2D eigenvalue weighted by Crippen LogP contribution is 1.99. The lowest BCUT2D eigenvalue weighted by Gasteiger charge is -2.17. The zero-order chi connectivity index (χ0) is 12.8. The van der Waals surface area contributed by atoms with E-state index < -0.39 is 0 Å². The van der Waals surface area contributed by atoms with Gasteiger partial charge in [-0.3, -0.25) is 4.79 Å². The molecule has 6 nitrogen and oxygen atoms in total. The predicted molar refractivity (Wildman–Crippen MR) is 65.2 cm³/mol. The van der Waals surface area contributed by atoms with E-state index in [4.69, 9.17) is 0 Å². The minimum absolute atomic E-state index is 0.0351. The van der Waals surface area contributed by atoms with Gasteiger partial charge in [0.15, 0.2) is 0 Å². The molecule has 96 valence electrons. The molecule has 0 aromatic carbocycles. The molecule has 1 amide bonds. The Kier molecular flexibility index (Phi) is 5.09. The highest BCUT2D eigenvalue weighted by atomic mass is 16.2. The van der Waals surface area contributed by atoms with Gasteiger partial charge in [0.2, 0.25) is 5.91 Å². The quantitative estimate of drug-likeness (QED) is 0.741. The molecule has 0 fully saturated rings. The molecule has 0 aliphatic heterocycles. The summed E-state index contributed by atoms with van der Waals surface area (Å²) < 4.78 is 1.55. The standard InChI is InChI=1S/C11H21N5O/c1-8(2)9(3)13-11(17)7-16-6-10(5-12-4)14-15-16/h6,8-9,12H,5,7H2,1-4H3,(H,13,17). The first kappa shape index (κ1) is 13.6. The first-order valence-electron chi connectivity index (χ1n) is 5.86. The van der Waals surface area contributed by atoms with Crippen LogP contribution in [0.25, 0.3) is 0 Å². The molecule has 1 rings (SSSR count). The Morgan fingerprint density at radius 1 is 1.47 bits per heavy atom. The Morgan fingerprint density at radius 2 is 2.18 bits per heavy atom. The van der Waals surface area contributed by atoms with Gasteiger partial charge in [0.25, 0.3) is 0 Å². The van der Waals surface area contributed by atoms with Crippen molar-refractivity contribution < 1.29 is 4.79 Å². The monoisotopic (exact) mass is 239 g/mol. The first-order chi connectivity index (χ1) is 8.02. The van der Waals surface area contributed by atoms with Gasteiger partial charge in [-0.25, -0.2) is 4.68 Å². The second-order valence-corrected chi connectivity index (χ2v) is 4.54. The van der Waals surface area contributed by atoms with Crippen LogP contribution in [0, 0.1) is 5.92 Å². The van der Waals surface area contributed by atoms with Crippen molar-refractivity contribution in [2.45, 2.75) is 39.9 Å². The third-order valence-corrected chi connectivity index (χ3v) is 2.64. The van der Waals surface area contributed by atoms with Crippen molar-refractivity contribution in [3.8, 4) is 0 Å². The lowest BCUT2D eigenvalue weighted by Crippen LogP contribution is -2.38. The molecule has 0 radical (unpaired) electrons. The minimum Gasteiger partial charge on any atom is -0.352 e. The zero-order valence-corrected chi connectivity index (χ0v) is 10.9. The van der Waals surface area contributed by atoms with E-state index in [9.17, 15) is 4.79 Å². The number of amides is 1. The van der Waals surface area contributed by atoms with Crippen molar-refractivity contribution >= 4 is 5.91 Å². The van der Waals surface area contributed by atoms with Crippen LogP contribution in [0.4, 0.5) is 0 Å². The number of nitrogens with one attached hydrogen (secondary N) is 2. The Bertz CT molecular complexity index is 360. The Morgan fingerprint density at radius 3 is 2.76 bits per heavy atom. The van der Waals surface area contributed by atoms with Gasteiger partial charge in [-0.15, -0.1) is 5.10 Å². The molecular formula is C11H21N5O. The SMILES string of the molecule is CNCc1cn(CC(=O)NC(C)C(C)C)nn1. The van der Waals surface area contributed by atoms with E-state index in [1.54, 1.807) is 10.9 Å². The van der Waals surface area contributed by atoms with Crippen LogP contribution in [-0.4, -0.2) is 34.0 Å². The summed E-state index contributed by atoms with van der Waals surface area (Å²) in [5, 5.41) is 13.7. The molecule has 0 saturated heterocycles. The van der Waals surface area contributed by atoms with E-state index in [0.717, 1.165) is 5.69 Å². The van der Waals surface area contributed by atoms with E-state index in [0.29, 0.717) is 12.5 Å². The average molecular weight is 239 g/mol. The molecule has 1 aromatic heterocycles. The maximum Gasteiger partial charge on any atom is 0.242 e. The van der Waals surface area contributed by atoms with Gasteiger partial charge < -0.3 is 10.6 Å². The molecule has 1 heterocycles. The van der Waals surface area contributed by atoms with Gasteiger partial charge in [-0.2, -0.15) is 0 Å². The van der Waals surface area contributed by atoms with Crippen molar-refractivity contribution in [2.75, 3.05) is 7.05 Å². The fourth-order valence-corrected chi connectivity index (χ4v) is 1.29. The zero-order valence-electron chi connectivity index (χ0n) is 10.9. The molecule has 0 aliphatic carbocycles. The number of hydrogen-bond acceptors (Lipinski definition) is 4. The molecule has 1 aromatic rings. The summed E-state index contributed by atoms with van der Waals surface area (Å²) >= 11 is 0. The molecule has 0 spiro atoms. The van der Waals surface area contributed by atoms with Gasteiger partial charge in [-0.05, 0) is 19.9 Å². The molecule has 1 unspecified atom stereocenters. The van der Waals surface area contributed by atoms with Crippen LogP contribution < -0.4 is 10.6 Å². The summed E-state index contributed by atoms with van der Waals surface area (Å²) in [6.07, 6.45) is 1.77. The van der Waals surface area contributed by atoms with Gasteiger partial charge in [0.05, 0.1) is 11.9 Å². The summed E-state index contributed by atoms with van der Waals surface area (Å²) in [6.45, 7) is 7.02. The van der Waals surface area contributed by atoms with Gasteiger partial charge >= 0.3 is 0 Å².